The van der Waals surface area contributed by atoms with Crippen molar-refractivity contribution in [3.05, 3.63) is 30.1 Å². The van der Waals surface area contributed by atoms with Crippen LogP contribution in [0, 0.1) is 0 Å². The van der Waals surface area contributed by atoms with Crippen LogP contribution in [0.4, 0.5) is 0 Å². The predicted molar refractivity (Wildman–Crippen MR) is 73.5 cm³/mol. The van der Waals surface area contributed by atoms with Crippen LogP contribution in [-0.4, -0.2) is 41.0 Å². The molecular weight excluding hydrogens is 224 g/mol. The summed E-state index contributed by atoms with van der Waals surface area (Å²) < 4.78 is 0. The van der Waals surface area contributed by atoms with Crippen molar-refractivity contribution in [1.29, 1.82) is 0 Å². The van der Waals surface area contributed by atoms with E-state index < -0.39 is 0 Å². The number of aromatic amines is 1. The lowest BCUT2D eigenvalue weighted by molar-refractivity contribution is 0.384. The van der Waals surface area contributed by atoms with E-state index in [9.17, 15) is 0 Å². The number of fused-ring (bicyclic) bond motifs is 1. The van der Waals surface area contributed by atoms with Crippen LogP contribution < -0.4 is 5.32 Å². The summed E-state index contributed by atoms with van der Waals surface area (Å²) in [5.74, 6) is 1.03. The summed E-state index contributed by atoms with van der Waals surface area (Å²) in [7, 11) is 2.17. The number of imidazole rings is 1. The van der Waals surface area contributed by atoms with Gasteiger partial charge in [0, 0.05) is 12.6 Å². The van der Waals surface area contributed by atoms with Gasteiger partial charge in [0.25, 0.3) is 0 Å². The first-order valence-corrected chi connectivity index (χ1v) is 6.61. The summed E-state index contributed by atoms with van der Waals surface area (Å²) in [4.78, 5) is 10.4. The third kappa shape index (κ3) is 2.26. The molecule has 1 saturated heterocycles. The van der Waals surface area contributed by atoms with Gasteiger partial charge in [0.2, 0.25) is 0 Å². The molecule has 2 N–H and O–H groups in total. The Kier molecular flexibility index (Phi) is 3.06. The van der Waals surface area contributed by atoms with Gasteiger partial charge in [-0.2, -0.15) is 0 Å². The number of rotatable bonds is 3. The highest BCUT2D eigenvalue weighted by Gasteiger charge is 2.22. The Bertz CT molecular complexity index is 500. The first-order chi connectivity index (χ1) is 8.72. The van der Waals surface area contributed by atoms with Crippen LogP contribution in [-0.2, 0) is 0 Å². The smallest absolute Gasteiger partial charge is 0.124 e. The van der Waals surface area contributed by atoms with Crippen molar-refractivity contribution in [2.45, 2.75) is 25.4 Å². The number of H-pyrrole nitrogens is 1. The molecule has 4 nitrogen and oxygen atoms in total. The van der Waals surface area contributed by atoms with Gasteiger partial charge in [-0.25, -0.2) is 4.98 Å². The molecular formula is C14H20N4. The third-order valence-electron chi connectivity index (χ3n) is 3.69. The average molecular weight is 244 g/mol. The van der Waals surface area contributed by atoms with Crippen molar-refractivity contribution in [1.82, 2.24) is 20.2 Å². The molecule has 4 heteroatoms. The largest absolute Gasteiger partial charge is 0.341 e. The normalized spacial score (nSPS) is 22.7. The molecule has 0 spiro atoms. The zero-order valence-corrected chi connectivity index (χ0v) is 11.0. The average Bonchev–Trinajstić information content (AvgIpc) is 2.95. The molecule has 1 aliphatic heterocycles. The highest BCUT2D eigenvalue weighted by atomic mass is 15.2. The molecule has 0 aliphatic carbocycles. The predicted octanol–water partition coefficient (Wildman–Crippen LogP) is 1.92. The molecule has 2 aromatic rings. The fraction of sp³-hybridized carbons (Fsp3) is 0.500. The minimum atomic E-state index is 0.272. The summed E-state index contributed by atoms with van der Waals surface area (Å²) in [6.45, 7) is 4.49. The number of hydrogen-bond acceptors (Lipinski definition) is 3. The molecule has 2 unspecified atom stereocenters. The Morgan fingerprint density at radius 2 is 2.28 bits per heavy atom. The molecule has 1 aromatic heterocycles. The summed E-state index contributed by atoms with van der Waals surface area (Å²) >= 11 is 0. The van der Waals surface area contributed by atoms with E-state index in [1.54, 1.807) is 0 Å². The number of para-hydroxylation sites is 2. The maximum Gasteiger partial charge on any atom is 0.124 e. The van der Waals surface area contributed by atoms with Crippen LogP contribution in [0.2, 0.25) is 0 Å². The lowest BCUT2D eigenvalue weighted by atomic mass is 10.2. The lowest BCUT2D eigenvalue weighted by Gasteiger charge is -2.17. The monoisotopic (exact) mass is 244 g/mol. The summed E-state index contributed by atoms with van der Waals surface area (Å²) in [5, 5.41) is 3.65. The fourth-order valence-electron chi connectivity index (χ4n) is 2.68. The second-order valence-electron chi connectivity index (χ2n) is 5.28. The van der Waals surface area contributed by atoms with E-state index in [0.717, 1.165) is 23.4 Å². The third-order valence-corrected chi connectivity index (χ3v) is 3.69. The Morgan fingerprint density at radius 1 is 1.44 bits per heavy atom. The van der Waals surface area contributed by atoms with E-state index >= 15 is 0 Å². The molecule has 0 saturated carbocycles. The van der Waals surface area contributed by atoms with Gasteiger partial charge < -0.3 is 15.2 Å². The minimum Gasteiger partial charge on any atom is -0.341 e. The SMILES string of the molecule is CC(NC1CCN(C)C1)c1nc2ccccc2[nH]1. The van der Waals surface area contributed by atoms with Crippen LogP contribution in [0.25, 0.3) is 11.0 Å². The van der Waals surface area contributed by atoms with Crippen molar-refractivity contribution in [2.75, 3.05) is 20.1 Å². The first-order valence-electron chi connectivity index (χ1n) is 6.61. The Balaban J connectivity index is 1.73. The van der Waals surface area contributed by atoms with Crippen molar-refractivity contribution in [3.8, 4) is 0 Å². The highest BCUT2D eigenvalue weighted by Crippen LogP contribution is 2.17. The van der Waals surface area contributed by atoms with Gasteiger partial charge in [0.15, 0.2) is 0 Å². The van der Waals surface area contributed by atoms with E-state index in [1.807, 2.05) is 18.2 Å². The van der Waals surface area contributed by atoms with E-state index in [0.29, 0.717) is 6.04 Å². The summed E-state index contributed by atoms with van der Waals surface area (Å²) in [5.41, 5.74) is 2.16. The second-order valence-corrected chi connectivity index (χ2v) is 5.28. The fourth-order valence-corrected chi connectivity index (χ4v) is 2.68. The van der Waals surface area contributed by atoms with Crippen LogP contribution in [0.3, 0.4) is 0 Å². The Hall–Kier alpha value is -1.39. The maximum absolute atomic E-state index is 4.64. The van der Waals surface area contributed by atoms with Crippen molar-refractivity contribution >= 4 is 11.0 Å². The van der Waals surface area contributed by atoms with Crippen LogP contribution in [0.15, 0.2) is 24.3 Å². The summed E-state index contributed by atoms with van der Waals surface area (Å²) in [6, 6.07) is 9.03. The summed E-state index contributed by atoms with van der Waals surface area (Å²) in [6.07, 6.45) is 1.22. The number of benzene rings is 1. The molecule has 3 rings (SSSR count). The maximum atomic E-state index is 4.64. The van der Waals surface area contributed by atoms with Crippen LogP contribution >= 0.6 is 0 Å². The molecule has 2 atom stereocenters. The highest BCUT2D eigenvalue weighted by molar-refractivity contribution is 5.74. The van der Waals surface area contributed by atoms with E-state index in [-0.39, 0.29) is 6.04 Å². The van der Waals surface area contributed by atoms with Crippen molar-refractivity contribution in [2.24, 2.45) is 0 Å². The molecule has 0 amide bonds. The second kappa shape index (κ2) is 4.71. The number of aromatic nitrogens is 2. The van der Waals surface area contributed by atoms with Gasteiger partial charge in [0.1, 0.15) is 5.82 Å². The molecule has 1 aliphatic rings. The van der Waals surface area contributed by atoms with Crippen LogP contribution in [0.1, 0.15) is 25.2 Å². The topological polar surface area (TPSA) is 44.0 Å². The van der Waals surface area contributed by atoms with E-state index in [2.05, 4.69) is 40.2 Å². The van der Waals surface area contributed by atoms with Gasteiger partial charge in [-0.05, 0) is 39.1 Å². The van der Waals surface area contributed by atoms with Gasteiger partial charge in [0.05, 0.1) is 17.1 Å². The lowest BCUT2D eigenvalue weighted by Crippen LogP contribution is -2.34. The standard InChI is InChI=1S/C14H20N4/c1-10(15-11-7-8-18(2)9-11)14-16-12-5-3-4-6-13(12)17-14/h3-6,10-11,15H,7-9H2,1-2H3,(H,16,17). The molecule has 96 valence electrons. The molecule has 2 heterocycles. The van der Waals surface area contributed by atoms with Gasteiger partial charge in [-0.1, -0.05) is 12.1 Å². The molecule has 0 bridgehead atoms. The number of likely N-dealkylation sites (tertiary alicyclic amines) is 1. The Morgan fingerprint density at radius 3 is 3.00 bits per heavy atom. The van der Waals surface area contributed by atoms with E-state index in [1.165, 1.54) is 13.0 Å². The zero-order chi connectivity index (χ0) is 12.5. The zero-order valence-electron chi connectivity index (χ0n) is 11.0. The number of nitrogens with one attached hydrogen (secondary N) is 2. The Labute approximate surface area is 107 Å². The number of hydrogen-bond donors (Lipinski definition) is 2. The first kappa shape index (κ1) is 11.7. The molecule has 0 radical (unpaired) electrons. The molecule has 1 aromatic carbocycles. The number of likely N-dealkylation sites (N-methyl/N-ethyl adjacent to an activating group) is 1. The van der Waals surface area contributed by atoms with E-state index in [4.69, 9.17) is 0 Å². The molecule has 1 fully saturated rings. The quantitative estimate of drug-likeness (QED) is 0.867. The van der Waals surface area contributed by atoms with Crippen LogP contribution in [0.5, 0.6) is 0 Å². The number of nitrogens with zero attached hydrogens (tertiary/aromatic N) is 2. The van der Waals surface area contributed by atoms with Crippen molar-refractivity contribution < 1.29 is 0 Å². The van der Waals surface area contributed by atoms with Gasteiger partial charge in [-0.15, -0.1) is 0 Å². The van der Waals surface area contributed by atoms with Gasteiger partial charge >= 0.3 is 0 Å². The van der Waals surface area contributed by atoms with Crippen molar-refractivity contribution in [3.63, 3.8) is 0 Å². The van der Waals surface area contributed by atoms with Gasteiger partial charge in [-0.3, -0.25) is 0 Å². The molecule has 18 heavy (non-hydrogen) atoms. The minimum absolute atomic E-state index is 0.272.